The second kappa shape index (κ2) is 8.76. The maximum atomic E-state index is 12.7. The number of aromatic nitrogens is 4. The monoisotopic (exact) mass is 423 g/mol. The summed E-state index contributed by atoms with van der Waals surface area (Å²) in [7, 11) is 0. The number of carbonyl (C=O) groups excluding carboxylic acids is 1. The third kappa shape index (κ3) is 4.21. The van der Waals surface area contributed by atoms with Crippen LogP contribution in [0.5, 0.6) is 0 Å². The van der Waals surface area contributed by atoms with Crippen LogP contribution in [-0.4, -0.2) is 31.7 Å². The maximum Gasteiger partial charge on any atom is 0.253 e. The molecule has 4 rings (SSSR count). The largest absolute Gasteiger partial charge is 0.350 e. The quantitative estimate of drug-likeness (QED) is 0.603. The summed E-state index contributed by atoms with van der Waals surface area (Å²) in [6.45, 7) is 6.05. The number of nitrogens with zero attached hydrogens (tertiary/aromatic N) is 4. The minimum Gasteiger partial charge on any atom is -0.350 e. The molecule has 6 nitrogen and oxygen atoms in total. The van der Waals surface area contributed by atoms with E-state index < -0.39 is 0 Å². The highest BCUT2D eigenvalue weighted by atomic mass is 32.2. The summed E-state index contributed by atoms with van der Waals surface area (Å²) in [5.41, 5.74) is 7.08. The number of nitrogens with one attached hydrogen (secondary N) is 1. The molecule has 1 aliphatic carbocycles. The van der Waals surface area contributed by atoms with Crippen LogP contribution in [0.15, 0.2) is 23.4 Å². The Morgan fingerprint density at radius 3 is 2.73 bits per heavy atom. The van der Waals surface area contributed by atoms with Crippen molar-refractivity contribution >= 4 is 23.4 Å². The Morgan fingerprint density at radius 1 is 1.20 bits per heavy atom. The maximum absolute atomic E-state index is 12.7. The van der Waals surface area contributed by atoms with Gasteiger partial charge in [-0.05, 0) is 81.4 Å². The van der Waals surface area contributed by atoms with Crippen molar-refractivity contribution < 1.29 is 4.79 Å². The minimum atomic E-state index is 0.00646. The van der Waals surface area contributed by atoms with Gasteiger partial charge in [-0.3, -0.25) is 4.79 Å². The molecule has 1 aromatic carbocycles. The molecule has 1 amide bonds. The molecule has 0 spiro atoms. The van der Waals surface area contributed by atoms with E-state index in [1.165, 1.54) is 47.7 Å². The third-order valence-corrected chi connectivity index (χ3v) is 6.60. The smallest absolute Gasteiger partial charge is 0.253 e. The van der Waals surface area contributed by atoms with Crippen molar-refractivity contribution in [2.75, 3.05) is 6.26 Å². The molecule has 0 saturated carbocycles. The number of fused-ring (bicyclic) bond motifs is 2. The minimum absolute atomic E-state index is 0.00646. The topological polar surface area (TPSA) is 72.2 Å². The number of benzene rings is 1. The zero-order chi connectivity index (χ0) is 21.3. The molecule has 0 fully saturated rings. The Morgan fingerprint density at radius 2 is 1.97 bits per heavy atom. The Kier molecular flexibility index (Phi) is 6.09. The van der Waals surface area contributed by atoms with Gasteiger partial charge in [0.05, 0.1) is 6.04 Å². The summed E-state index contributed by atoms with van der Waals surface area (Å²) < 4.78 is 1.78. The molecule has 1 aliphatic rings. The van der Waals surface area contributed by atoms with Gasteiger partial charge in [-0.25, -0.2) is 9.50 Å². The van der Waals surface area contributed by atoms with Crippen LogP contribution in [0.2, 0.25) is 0 Å². The van der Waals surface area contributed by atoms with E-state index in [-0.39, 0.29) is 11.9 Å². The van der Waals surface area contributed by atoms with Crippen molar-refractivity contribution in [3.63, 3.8) is 0 Å². The Hall–Kier alpha value is -2.41. The van der Waals surface area contributed by atoms with Crippen molar-refractivity contribution in [3.8, 4) is 0 Å². The van der Waals surface area contributed by atoms with Crippen LogP contribution in [0, 0.1) is 13.8 Å². The average Bonchev–Trinajstić information content (AvgIpc) is 3.16. The van der Waals surface area contributed by atoms with Crippen LogP contribution in [0.25, 0.3) is 5.78 Å². The molecular weight excluding hydrogens is 394 g/mol. The third-order valence-electron chi connectivity index (χ3n) is 6.06. The Balaban J connectivity index is 1.42. The van der Waals surface area contributed by atoms with E-state index in [1.54, 1.807) is 4.52 Å². The van der Waals surface area contributed by atoms with Crippen molar-refractivity contribution in [3.05, 3.63) is 51.8 Å². The van der Waals surface area contributed by atoms with E-state index in [9.17, 15) is 4.79 Å². The summed E-state index contributed by atoms with van der Waals surface area (Å²) in [6.07, 6.45) is 7.89. The first-order valence-electron chi connectivity index (χ1n) is 10.6. The van der Waals surface area contributed by atoms with Crippen LogP contribution in [0.4, 0.5) is 0 Å². The number of aryl methyl sites for hydroxylation is 4. The number of hydrogen-bond donors (Lipinski definition) is 1. The lowest BCUT2D eigenvalue weighted by Gasteiger charge is -2.20. The van der Waals surface area contributed by atoms with E-state index in [0.29, 0.717) is 23.8 Å². The van der Waals surface area contributed by atoms with Gasteiger partial charge in [0.2, 0.25) is 11.1 Å². The van der Waals surface area contributed by atoms with Crippen LogP contribution in [0.1, 0.15) is 65.9 Å². The predicted octanol–water partition coefficient (Wildman–Crippen LogP) is 4.15. The lowest BCUT2D eigenvalue weighted by molar-refractivity contribution is -0.121. The first-order valence-corrected chi connectivity index (χ1v) is 11.9. The molecule has 7 heteroatoms. The fraction of sp³-hybridized carbons (Fsp3) is 0.478. The van der Waals surface area contributed by atoms with Crippen LogP contribution in [0.3, 0.4) is 0 Å². The highest BCUT2D eigenvalue weighted by Gasteiger charge is 2.17. The zero-order valence-electron chi connectivity index (χ0n) is 18.2. The van der Waals surface area contributed by atoms with E-state index in [1.807, 2.05) is 20.1 Å². The predicted molar refractivity (Wildman–Crippen MR) is 120 cm³/mol. The molecule has 0 saturated heterocycles. The number of hydrogen-bond acceptors (Lipinski definition) is 5. The van der Waals surface area contributed by atoms with E-state index >= 15 is 0 Å². The van der Waals surface area contributed by atoms with Crippen LogP contribution in [-0.2, 0) is 24.1 Å². The van der Waals surface area contributed by atoms with Gasteiger partial charge in [-0.2, -0.15) is 4.98 Å². The van der Waals surface area contributed by atoms with E-state index in [0.717, 1.165) is 23.4 Å². The normalized spacial score (nSPS) is 14.5. The highest BCUT2D eigenvalue weighted by Crippen LogP contribution is 2.25. The lowest BCUT2D eigenvalue weighted by atomic mass is 9.89. The Bertz CT molecular complexity index is 1090. The van der Waals surface area contributed by atoms with Gasteiger partial charge in [0.25, 0.3) is 5.78 Å². The standard InChI is InChI=1S/C23H29N5OS/c1-14(18-10-9-17-7-5-6-8-19(17)13-18)24-21(29)12-11-20-15(2)25-22-26-23(30-4)27-28(22)16(20)3/h9-10,13-14H,5-8,11-12H2,1-4H3,(H,24,29). The molecule has 0 bridgehead atoms. The van der Waals surface area contributed by atoms with Gasteiger partial charge in [-0.15, -0.1) is 5.10 Å². The van der Waals surface area contributed by atoms with Crippen molar-refractivity contribution in [1.29, 1.82) is 0 Å². The van der Waals surface area contributed by atoms with Crippen molar-refractivity contribution in [1.82, 2.24) is 24.9 Å². The number of rotatable bonds is 6. The van der Waals surface area contributed by atoms with Gasteiger partial charge >= 0.3 is 0 Å². The first kappa shape index (κ1) is 20.8. The molecule has 1 atom stereocenters. The molecule has 1 N–H and O–H groups in total. The molecule has 2 heterocycles. The van der Waals surface area contributed by atoms with Crippen molar-refractivity contribution in [2.24, 2.45) is 0 Å². The number of carbonyl (C=O) groups is 1. The SMILES string of the molecule is CSc1nc2nc(C)c(CCC(=O)NC(C)c3ccc4c(c3)CCCC4)c(C)n2n1. The second-order valence-electron chi connectivity index (χ2n) is 8.10. The molecule has 3 aromatic rings. The lowest BCUT2D eigenvalue weighted by Crippen LogP contribution is -2.27. The molecule has 0 aliphatic heterocycles. The van der Waals surface area contributed by atoms with Gasteiger partial charge in [0.15, 0.2) is 0 Å². The average molecular weight is 424 g/mol. The van der Waals surface area contributed by atoms with Crippen LogP contribution >= 0.6 is 11.8 Å². The fourth-order valence-corrected chi connectivity index (χ4v) is 4.63. The molecule has 1 unspecified atom stereocenters. The Labute approximate surface area is 181 Å². The van der Waals surface area contributed by atoms with Gasteiger partial charge in [0.1, 0.15) is 0 Å². The van der Waals surface area contributed by atoms with E-state index in [4.69, 9.17) is 0 Å². The van der Waals surface area contributed by atoms with Crippen molar-refractivity contribution in [2.45, 2.75) is 70.5 Å². The molecule has 30 heavy (non-hydrogen) atoms. The van der Waals surface area contributed by atoms with Gasteiger partial charge in [0, 0.05) is 17.8 Å². The van der Waals surface area contributed by atoms with Gasteiger partial charge in [-0.1, -0.05) is 30.0 Å². The second-order valence-corrected chi connectivity index (χ2v) is 8.87. The summed E-state index contributed by atoms with van der Waals surface area (Å²) in [5.74, 6) is 0.672. The summed E-state index contributed by atoms with van der Waals surface area (Å²) in [5, 5.41) is 8.36. The summed E-state index contributed by atoms with van der Waals surface area (Å²) in [6, 6.07) is 6.68. The van der Waals surface area contributed by atoms with Gasteiger partial charge < -0.3 is 5.32 Å². The first-order chi connectivity index (χ1) is 14.5. The van der Waals surface area contributed by atoms with Crippen LogP contribution < -0.4 is 5.32 Å². The number of amides is 1. The fourth-order valence-electron chi connectivity index (χ4n) is 4.30. The highest BCUT2D eigenvalue weighted by molar-refractivity contribution is 7.98. The summed E-state index contributed by atoms with van der Waals surface area (Å²) >= 11 is 1.50. The zero-order valence-corrected chi connectivity index (χ0v) is 19.0. The summed E-state index contributed by atoms with van der Waals surface area (Å²) in [4.78, 5) is 21.6. The van der Waals surface area contributed by atoms with E-state index in [2.05, 4.69) is 45.5 Å². The molecule has 0 radical (unpaired) electrons. The molecule has 2 aromatic heterocycles. The molecule has 158 valence electrons. The number of thioether (sulfide) groups is 1. The molecular formula is C23H29N5OS.